The number of allylic oxidation sites excluding steroid dienone is 4. The molecular weight excluding hydrogens is 675 g/mol. The summed E-state index contributed by atoms with van der Waals surface area (Å²) < 4.78 is 8.86. The van der Waals surface area contributed by atoms with Crippen LogP contribution in [0.3, 0.4) is 0 Å². The molecule has 0 radical (unpaired) electrons. The average Bonchev–Trinajstić information content (AvgIpc) is 3.90. The molecule has 0 fully saturated rings. The predicted molar refractivity (Wildman–Crippen MR) is 221 cm³/mol. The van der Waals surface area contributed by atoms with Crippen molar-refractivity contribution < 1.29 is 4.42 Å². The number of fused-ring (bicyclic) bond motifs is 7. The normalized spacial score (nSPS) is 16.8. The van der Waals surface area contributed by atoms with E-state index in [-0.39, 0.29) is 5.41 Å². The number of para-hydroxylation sites is 1. The molecule has 0 saturated heterocycles. The van der Waals surface area contributed by atoms with Crippen LogP contribution in [0.5, 0.6) is 0 Å². The van der Waals surface area contributed by atoms with Gasteiger partial charge in [-0.15, -0.1) is 0 Å². The summed E-state index contributed by atoms with van der Waals surface area (Å²) in [5.74, 6) is 2.95. The van der Waals surface area contributed by atoms with Gasteiger partial charge in [-0.1, -0.05) is 135 Å². The van der Waals surface area contributed by atoms with Gasteiger partial charge in [-0.2, -0.15) is 9.97 Å². The van der Waals surface area contributed by atoms with Gasteiger partial charge >= 0.3 is 0 Å². The monoisotopic (exact) mass is 711 g/mol. The zero-order valence-corrected chi connectivity index (χ0v) is 30.7. The van der Waals surface area contributed by atoms with Gasteiger partial charge in [0.15, 0.2) is 17.1 Å². The quantitative estimate of drug-likeness (QED) is 0.178. The lowest BCUT2D eigenvalue weighted by molar-refractivity contribution is 0.410. The van der Waals surface area contributed by atoms with Crippen molar-refractivity contribution >= 4 is 39.0 Å². The fourth-order valence-electron chi connectivity index (χ4n) is 9.01. The third kappa shape index (κ3) is 5.01. The molecule has 3 aliphatic carbocycles. The molecule has 8 aromatic rings. The van der Waals surface area contributed by atoms with E-state index in [1.54, 1.807) is 0 Å². The average molecular weight is 712 g/mol. The molecule has 0 N–H and O–H groups in total. The zero-order valence-electron chi connectivity index (χ0n) is 30.7. The van der Waals surface area contributed by atoms with E-state index in [1.165, 1.54) is 27.8 Å². The minimum Gasteiger partial charge on any atom is -0.436 e. The Morgan fingerprint density at radius 1 is 0.673 bits per heavy atom. The molecule has 3 aliphatic rings. The molecule has 264 valence electrons. The largest absolute Gasteiger partial charge is 0.436 e. The third-order valence-electron chi connectivity index (χ3n) is 11.9. The van der Waals surface area contributed by atoms with Crippen molar-refractivity contribution in [3.05, 3.63) is 167 Å². The lowest BCUT2D eigenvalue weighted by Gasteiger charge is -2.28. The highest BCUT2D eigenvalue weighted by Gasteiger charge is 2.44. The molecule has 3 aromatic heterocycles. The van der Waals surface area contributed by atoms with E-state index in [4.69, 9.17) is 24.4 Å². The van der Waals surface area contributed by atoms with Gasteiger partial charge in [0.25, 0.3) is 0 Å². The highest BCUT2D eigenvalue weighted by Crippen LogP contribution is 2.52. The van der Waals surface area contributed by atoms with Crippen LogP contribution >= 0.6 is 0 Å². The van der Waals surface area contributed by atoms with E-state index in [9.17, 15) is 0 Å². The second kappa shape index (κ2) is 12.2. The Labute approximate surface area is 318 Å². The first-order chi connectivity index (χ1) is 27.0. The highest BCUT2D eigenvalue weighted by molar-refractivity contribution is 6.10. The summed E-state index contributed by atoms with van der Waals surface area (Å²) in [6.45, 7) is 4.75. The van der Waals surface area contributed by atoms with Crippen molar-refractivity contribution in [1.82, 2.24) is 24.5 Å². The zero-order chi connectivity index (χ0) is 36.7. The van der Waals surface area contributed by atoms with Crippen LogP contribution in [-0.4, -0.2) is 24.5 Å². The van der Waals surface area contributed by atoms with Gasteiger partial charge < -0.3 is 4.42 Å². The standard InChI is InChI=1S/C49H37N5O/c1-49(2)38-24-22-33(29-37(38)43-39(49)25-26-40-44(43)55-47(50-40)32-18-10-5-11-19-32)34-23-27-42-36(28-34)35-20-12-13-21-41(35)54(42)48-52-45(30-14-6-3-7-15-30)51-46(53-48)31-16-8-4-9-17-31/h3-10,12-18,20-24,26-29,39H,11,19,25H2,1-2H3. The molecule has 1 atom stereocenters. The summed E-state index contributed by atoms with van der Waals surface area (Å²) in [6.07, 6.45) is 11.7. The van der Waals surface area contributed by atoms with Crippen LogP contribution in [0.4, 0.5) is 0 Å². The van der Waals surface area contributed by atoms with Crippen molar-refractivity contribution in [3.63, 3.8) is 0 Å². The van der Waals surface area contributed by atoms with Gasteiger partial charge in [-0.25, -0.2) is 9.97 Å². The maximum Gasteiger partial charge on any atom is 0.238 e. The van der Waals surface area contributed by atoms with Gasteiger partial charge in [0.2, 0.25) is 11.8 Å². The Kier molecular flexibility index (Phi) is 7.05. The smallest absolute Gasteiger partial charge is 0.238 e. The Hall–Kier alpha value is -6.66. The first-order valence-electron chi connectivity index (χ1n) is 19.1. The second-order valence-electron chi connectivity index (χ2n) is 15.4. The Morgan fingerprint density at radius 3 is 2.11 bits per heavy atom. The Bertz CT molecular complexity index is 2980. The summed E-state index contributed by atoms with van der Waals surface area (Å²) in [5, 5.41) is 3.27. The maximum absolute atomic E-state index is 6.68. The molecule has 11 rings (SSSR count). The minimum absolute atomic E-state index is 0.0314. The van der Waals surface area contributed by atoms with Crippen LogP contribution in [0.25, 0.3) is 78.9 Å². The number of hydrogen-bond donors (Lipinski definition) is 0. The topological polar surface area (TPSA) is 69.6 Å². The summed E-state index contributed by atoms with van der Waals surface area (Å²) in [5.41, 5.74) is 12.3. The summed E-state index contributed by atoms with van der Waals surface area (Å²) in [7, 11) is 0. The van der Waals surface area contributed by atoms with Crippen LogP contribution in [0.2, 0.25) is 0 Å². The van der Waals surface area contributed by atoms with Crippen molar-refractivity contribution in [3.8, 4) is 39.9 Å². The predicted octanol–water partition coefficient (Wildman–Crippen LogP) is 9.98. The molecule has 6 nitrogen and oxygen atoms in total. The lowest BCUT2D eigenvalue weighted by atomic mass is 9.75. The number of oxazole rings is 1. The molecule has 0 amide bonds. The molecule has 0 spiro atoms. The van der Waals surface area contributed by atoms with Crippen LogP contribution in [-0.2, 0) is 5.41 Å². The van der Waals surface area contributed by atoms with Gasteiger partial charge in [0, 0.05) is 39.0 Å². The van der Waals surface area contributed by atoms with Gasteiger partial charge in [-0.05, 0) is 71.2 Å². The van der Waals surface area contributed by atoms with Gasteiger partial charge in [-0.3, -0.25) is 4.57 Å². The summed E-state index contributed by atoms with van der Waals surface area (Å²) in [4.78, 5) is 20.2. The molecule has 0 saturated carbocycles. The van der Waals surface area contributed by atoms with E-state index < -0.39 is 0 Å². The third-order valence-corrected chi connectivity index (χ3v) is 11.9. The van der Waals surface area contributed by atoms with Gasteiger partial charge in [0.1, 0.15) is 5.35 Å². The number of aromatic nitrogens is 5. The van der Waals surface area contributed by atoms with Crippen LogP contribution in [0.1, 0.15) is 50.1 Å². The number of hydrogen-bond acceptors (Lipinski definition) is 5. The van der Waals surface area contributed by atoms with Crippen LogP contribution in [0, 0.1) is 5.92 Å². The molecule has 1 unspecified atom stereocenters. The van der Waals surface area contributed by atoms with Crippen molar-refractivity contribution in [2.45, 2.75) is 38.5 Å². The molecule has 6 heteroatoms. The second-order valence-corrected chi connectivity index (χ2v) is 15.4. The van der Waals surface area contributed by atoms with Crippen molar-refractivity contribution in [2.24, 2.45) is 5.92 Å². The van der Waals surface area contributed by atoms with Gasteiger partial charge in [0.05, 0.1) is 11.0 Å². The van der Waals surface area contributed by atoms with E-state index in [0.717, 1.165) is 74.4 Å². The first-order valence-corrected chi connectivity index (χ1v) is 19.1. The van der Waals surface area contributed by atoms with Crippen molar-refractivity contribution in [2.75, 3.05) is 0 Å². The Balaban J connectivity index is 1.08. The minimum atomic E-state index is -0.0314. The number of benzene rings is 5. The number of rotatable bonds is 5. The molecule has 3 heterocycles. The maximum atomic E-state index is 6.68. The van der Waals surface area contributed by atoms with E-state index in [0.29, 0.717) is 23.5 Å². The Morgan fingerprint density at radius 2 is 1.36 bits per heavy atom. The molecular formula is C49H37N5O. The molecule has 0 bridgehead atoms. The number of nitrogens with zero attached hydrogens (tertiary/aromatic N) is 5. The van der Waals surface area contributed by atoms with Crippen LogP contribution < -0.4 is 10.8 Å². The SMILES string of the molecule is CC1(C)c2ccc(-c3ccc4c(c3)c3ccccc3n4-c3nc(-c4ccccc4)nc(-c4ccccc4)n3)cc2C2=c3oc(C4=CC=CCC4)nc3=CCC21. The molecule has 5 aromatic carbocycles. The van der Waals surface area contributed by atoms with E-state index in [2.05, 4.69) is 103 Å². The highest BCUT2D eigenvalue weighted by atomic mass is 16.3. The van der Waals surface area contributed by atoms with E-state index in [1.807, 2.05) is 60.7 Å². The summed E-state index contributed by atoms with van der Waals surface area (Å²) >= 11 is 0. The van der Waals surface area contributed by atoms with E-state index >= 15 is 0 Å². The fraction of sp³-hybridized carbons (Fsp3) is 0.143. The fourth-order valence-corrected chi connectivity index (χ4v) is 9.01. The molecule has 0 aliphatic heterocycles. The van der Waals surface area contributed by atoms with Crippen LogP contribution in [0.15, 0.2) is 144 Å². The molecule has 55 heavy (non-hydrogen) atoms. The summed E-state index contributed by atoms with van der Waals surface area (Å²) in [6, 6.07) is 42.6. The van der Waals surface area contributed by atoms with Crippen molar-refractivity contribution in [1.29, 1.82) is 0 Å². The first kappa shape index (κ1) is 31.8. The lowest BCUT2D eigenvalue weighted by Crippen LogP contribution is -2.34.